The van der Waals surface area contributed by atoms with Crippen molar-refractivity contribution in [2.75, 3.05) is 26.2 Å². The van der Waals surface area contributed by atoms with Crippen molar-refractivity contribution in [3.8, 4) is 0 Å². The summed E-state index contributed by atoms with van der Waals surface area (Å²) in [5, 5.41) is 4.90. The summed E-state index contributed by atoms with van der Waals surface area (Å²) >= 11 is 0. The number of hydrogen-bond donors (Lipinski definition) is 3. The van der Waals surface area contributed by atoms with Gasteiger partial charge in [-0.25, -0.2) is 4.79 Å². The molecule has 6 nitrogen and oxygen atoms in total. The van der Waals surface area contributed by atoms with E-state index in [2.05, 4.69) is 10.6 Å². The van der Waals surface area contributed by atoms with Crippen molar-refractivity contribution in [2.24, 2.45) is 5.73 Å². The van der Waals surface area contributed by atoms with Crippen LogP contribution in [-0.2, 0) is 4.79 Å². The molecule has 0 aromatic carbocycles. The van der Waals surface area contributed by atoms with E-state index < -0.39 is 6.03 Å². The van der Waals surface area contributed by atoms with Gasteiger partial charge in [-0.2, -0.15) is 0 Å². The monoisotopic (exact) mass is 228 g/mol. The molecule has 1 rings (SSSR count). The Balaban J connectivity index is 2.06. The summed E-state index contributed by atoms with van der Waals surface area (Å²) in [5.74, 6) is -0.277. The quantitative estimate of drug-likeness (QED) is 0.541. The summed E-state index contributed by atoms with van der Waals surface area (Å²) in [6.45, 7) is 4.34. The molecule has 1 aliphatic rings. The number of nitrogens with two attached hydrogens (primary N) is 1. The number of carbonyl (C=O) groups is 2. The first-order valence-corrected chi connectivity index (χ1v) is 5.67. The van der Waals surface area contributed by atoms with E-state index in [0.29, 0.717) is 6.54 Å². The Hall–Kier alpha value is -1.14. The zero-order valence-electron chi connectivity index (χ0n) is 9.66. The molecule has 0 radical (unpaired) electrons. The summed E-state index contributed by atoms with van der Waals surface area (Å²) < 4.78 is 0. The zero-order chi connectivity index (χ0) is 12.0. The maximum absolute atomic E-state index is 11.3. The third-order valence-corrected chi connectivity index (χ3v) is 2.42. The van der Waals surface area contributed by atoms with E-state index in [1.165, 1.54) is 0 Å². The molecule has 0 aromatic heterocycles. The fourth-order valence-corrected chi connectivity index (χ4v) is 1.53. The van der Waals surface area contributed by atoms with E-state index in [1.807, 2.05) is 11.8 Å². The second-order valence-corrected chi connectivity index (χ2v) is 4.11. The maximum Gasteiger partial charge on any atom is 0.321 e. The lowest BCUT2D eigenvalue weighted by Gasteiger charge is -2.35. The summed E-state index contributed by atoms with van der Waals surface area (Å²) in [6.07, 6.45) is 1.93. The van der Waals surface area contributed by atoms with Crippen LogP contribution in [0.2, 0.25) is 0 Å². The number of nitrogens with zero attached hydrogens (tertiary/aromatic N) is 1. The number of carbonyl (C=O) groups excluding carboxylic acids is 2. The van der Waals surface area contributed by atoms with Crippen molar-refractivity contribution in [2.45, 2.75) is 25.8 Å². The van der Waals surface area contributed by atoms with Crippen molar-refractivity contribution in [1.82, 2.24) is 15.5 Å². The molecule has 4 N–H and O–H groups in total. The molecule has 6 heteroatoms. The summed E-state index contributed by atoms with van der Waals surface area (Å²) in [4.78, 5) is 24.4. The van der Waals surface area contributed by atoms with Gasteiger partial charge in [0.2, 0.25) is 5.91 Å². The summed E-state index contributed by atoms with van der Waals surface area (Å²) in [5.41, 5.74) is 5.57. The van der Waals surface area contributed by atoms with Crippen LogP contribution in [0.1, 0.15) is 19.8 Å². The fraction of sp³-hybridized carbons (Fsp3) is 0.800. The first-order valence-electron chi connectivity index (χ1n) is 5.67. The minimum atomic E-state index is -0.414. The molecular weight excluding hydrogens is 208 g/mol. The highest BCUT2D eigenvalue weighted by atomic mass is 16.2. The molecule has 3 amide bonds. The standard InChI is InChI=1S/C10H20N4O2/c1-2-3-4-12-10(16)13-9(15)7-14-5-8(11)6-14/h8H,2-7,11H2,1H3,(H2,12,13,15,16). The van der Waals surface area contributed by atoms with Gasteiger partial charge in [0.15, 0.2) is 0 Å². The number of unbranched alkanes of at least 4 members (excludes halogenated alkanes) is 1. The van der Waals surface area contributed by atoms with E-state index >= 15 is 0 Å². The van der Waals surface area contributed by atoms with Gasteiger partial charge in [-0.3, -0.25) is 15.0 Å². The molecule has 0 atom stereocenters. The van der Waals surface area contributed by atoms with Crippen molar-refractivity contribution in [3.63, 3.8) is 0 Å². The van der Waals surface area contributed by atoms with E-state index in [4.69, 9.17) is 5.73 Å². The highest BCUT2D eigenvalue weighted by molar-refractivity contribution is 5.95. The van der Waals surface area contributed by atoms with Gasteiger partial charge in [0.1, 0.15) is 0 Å². The maximum atomic E-state index is 11.3. The highest BCUT2D eigenvalue weighted by Crippen LogP contribution is 2.03. The van der Waals surface area contributed by atoms with Gasteiger partial charge >= 0.3 is 6.03 Å². The second-order valence-electron chi connectivity index (χ2n) is 4.11. The SMILES string of the molecule is CCCCNC(=O)NC(=O)CN1CC(N)C1. The molecule has 0 aliphatic carbocycles. The first-order chi connectivity index (χ1) is 7.61. The first kappa shape index (κ1) is 12.9. The number of hydrogen-bond acceptors (Lipinski definition) is 4. The molecule has 0 bridgehead atoms. The molecule has 0 saturated carbocycles. The molecule has 1 heterocycles. The molecule has 1 aliphatic heterocycles. The number of urea groups is 1. The molecule has 0 aromatic rings. The zero-order valence-corrected chi connectivity index (χ0v) is 9.66. The van der Waals surface area contributed by atoms with Gasteiger partial charge in [-0.05, 0) is 6.42 Å². The topological polar surface area (TPSA) is 87.5 Å². The van der Waals surface area contributed by atoms with Gasteiger partial charge < -0.3 is 11.1 Å². The third-order valence-electron chi connectivity index (χ3n) is 2.42. The lowest BCUT2D eigenvalue weighted by molar-refractivity contribution is -0.122. The molecular formula is C10H20N4O2. The van der Waals surface area contributed by atoms with Crippen LogP contribution in [0.25, 0.3) is 0 Å². The summed E-state index contributed by atoms with van der Waals surface area (Å²) in [6, 6.07) is -0.241. The van der Waals surface area contributed by atoms with Crippen molar-refractivity contribution in [3.05, 3.63) is 0 Å². The third kappa shape index (κ3) is 4.59. The number of likely N-dealkylation sites (tertiary alicyclic amines) is 1. The lowest BCUT2D eigenvalue weighted by atomic mass is 10.1. The van der Waals surface area contributed by atoms with Gasteiger partial charge in [0.25, 0.3) is 0 Å². The van der Waals surface area contributed by atoms with E-state index in [0.717, 1.165) is 25.9 Å². The second kappa shape index (κ2) is 6.44. The smallest absolute Gasteiger partial charge is 0.321 e. The predicted octanol–water partition coefficient (Wildman–Crippen LogP) is -0.745. The van der Waals surface area contributed by atoms with Crippen molar-refractivity contribution >= 4 is 11.9 Å². The van der Waals surface area contributed by atoms with Crippen LogP contribution in [-0.4, -0.2) is 49.1 Å². The number of nitrogens with one attached hydrogen (secondary N) is 2. The Bertz CT molecular complexity index is 251. The minimum absolute atomic E-state index is 0.172. The van der Waals surface area contributed by atoms with Crippen LogP contribution in [0.3, 0.4) is 0 Å². The molecule has 0 unspecified atom stereocenters. The Morgan fingerprint density at radius 3 is 2.69 bits per heavy atom. The normalized spacial score (nSPS) is 16.6. The van der Waals surface area contributed by atoms with Crippen LogP contribution in [0.15, 0.2) is 0 Å². The van der Waals surface area contributed by atoms with Crippen LogP contribution < -0.4 is 16.4 Å². The molecule has 1 fully saturated rings. The van der Waals surface area contributed by atoms with Crippen molar-refractivity contribution < 1.29 is 9.59 Å². The minimum Gasteiger partial charge on any atom is -0.338 e. The molecule has 92 valence electrons. The van der Waals surface area contributed by atoms with Gasteiger partial charge in [-0.1, -0.05) is 13.3 Å². The Morgan fingerprint density at radius 1 is 1.44 bits per heavy atom. The number of imide groups is 1. The Labute approximate surface area is 95.5 Å². The number of amides is 3. The lowest BCUT2D eigenvalue weighted by Crippen LogP contribution is -2.58. The van der Waals surface area contributed by atoms with E-state index in [1.54, 1.807) is 0 Å². The average Bonchev–Trinajstić information content (AvgIpc) is 2.15. The molecule has 16 heavy (non-hydrogen) atoms. The van der Waals surface area contributed by atoms with Gasteiger partial charge in [-0.15, -0.1) is 0 Å². The highest BCUT2D eigenvalue weighted by Gasteiger charge is 2.25. The van der Waals surface area contributed by atoms with Crippen LogP contribution in [0.5, 0.6) is 0 Å². The molecule has 0 spiro atoms. The summed E-state index contributed by atoms with van der Waals surface area (Å²) in [7, 11) is 0. The Morgan fingerprint density at radius 2 is 2.12 bits per heavy atom. The van der Waals surface area contributed by atoms with Crippen molar-refractivity contribution in [1.29, 1.82) is 0 Å². The van der Waals surface area contributed by atoms with E-state index in [9.17, 15) is 9.59 Å². The average molecular weight is 228 g/mol. The van der Waals surface area contributed by atoms with Crippen LogP contribution in [0.4, 0.5) is 4.79 Å². The largest absolute Gasteiger partial charge is 0.338 e. The van der Waals surface area contributed by atoms with E-state index in [-0.39, 0.29) is 18.5 Å². The molecule has 1 saturated heterocycles. The predicted molar refractivity (Wildman–Crippen MR) is 60.9 cm³/mol. The van der Waals surface area contributed by atoms with Gasteiger partial charge in [0, 0.05) is 25.7 Å². The van der Waals surface area contributed by atoms with Crippen LogP contribution >= 0.6 is 0 Å². The fourth-order valence-electron chi connectivity index (χ4n) is 1.53. The van der Waals surface area contributed by atoms with Gasteiger partial charge in [0.05, 0.1) is 6.54 Å². The van der Waals surface area contributed by atoms with Crippen LogP contribution in [0, 0.1) is 0 Å². The Kier molecular flexibility index (Phi) is 5.21. The number of rotatable bonds is 5.